The molecule has 6 heteroatoms. The van der Waals surface area contributed by atoms with E-state index in [-0.39, 0.29) is 0 Å². The predicted molar refractivity (Wildman–Crippen MR) is 76.1 cm³/mol. The van der Waals surface area contributed by atoms with Crippen LogP contribution in [-0.2, 0) is 0 Å². The summed E-state index contributed by atoms with van der Waals surface area (Å²) in [7, 11) is 0. The number of aromatic nitrogens is 3. The Balaban J connectivity index is 2.15. The fourth-order valence-electron chi connectivity index (χ4n) is 1.83. The first kappa shape index (κ1) is 12.0. The van der Waals surface area contributed by atoms with Crippen molar-refractivity contribution in [3.63, 3.8) is 0 Å². The largest absolute Gasteiger partial charge is 0.349 e. The van der Waals surface area contributed by atoms with Gasteiger partial charge in [0.25, 0.3) is 5.56 Å². The Labute approximate surface area is 113 Å². The van der Waals surface area contributed by atoms with Crippen LogP contribution in [0.25, 0.3) is 10.9 Å². The summed E-state index contributed by atoms with van der Waals surface area (Å²) < 4.78 is 0.801. The molecular formula is C14H10N4O2. The van der Waals surface area contributed by atoms with Crippen LogP contribution >= 0.6 is 0 Å². The molecule has 0 amide bonds. The summed E-state index contributed by atoms with van der Waals surface area (Å²) in [6.45, 7) is 0. The van der Waals surface area contributed by atoms with Crippen LogP contribution in [0, 0.1) is 0 Å². The lowest BCUT2D eigenvalue weighted by Gasteiger charge is -2.00. The zero-order valence-electron chi connectivity index (χ0n) is 10.4. The van der Waals surface area contributed by atoms with E-state index in [1.165, 1.54) is 6.21 Å². The van der Waals surface area contributed by atoms with Crippen LogP contribution in [0.15, 0.2) is 63.5 Å². The van der Waals surface area contributed by atoms with E-state index in [1.54, 1.807) is 48.8 Å². The van der Waals surface area contributed by atoms with Gasteiger partial charge in [-0.2, -0.15) is 5.10 Å². The fraction of sp³-hybridized carbons (Fsp3) is 0. The van der Waals surface area contributed by atoms with Crippen LogP contribution < -0.4 is 11.2 Å². The second-order valence-electron chi connectivity index (χ2n) is 4.12. The molecule has 0 saturated carbocycles. The normalized spacial score (nSPS) is 11.2. The standard InChI is InChI=1S/C14H10N4O2/c19-13-11-5-1-2-6-12(11)17-14(20)18(13)16-9-10-4-3-7-15-8-10/h1-9H,(H,17,20). The molecule has 20 heavy (non-hydrogen) atoms. The number of nitrogens with one attached hydrogen (secondary N) is 1. The summed E-state index contributed by atoms with van der Waals surface area (Å²) in [5.41, 5.74) is 0.167. The second-order valence-corrected chi connectivity index (χ2v) is 4.12. The quantitative estimate of drug-likeness (QED) is 0.702. The van der Waals surface area contributed by atoms with Gasteiger partial charge in [-0.25, -0.2) is 4.79 Å². The maximum Gasteiger partial charge on any atom is 0.349 e. The molecule has 0 radical (unpaired) electrons. The smallest absolute Gasteiger partial charge is 0.305 e. The number of H-pyrrole nitrogens is 1. The van der Waals surface area contributed by atoms with Crippen LogP contribution in [0.3, 0.4) is 0 Å². The van der Waals surface area contributed by atoms with Crippen molar-refractivity contribution in [1.29, 1.82) is 0 Å². The van der Waals surface area contributed by atoms with E-state index in [0.29, 0.717) is 16.5 Å². The van der Waals surface area contributed by atoms with Gasteiger partial charge >= 0.3 is 5.69 Å². The van der Waals surface area contributed by atoms with Crippen LogP contribution in [0.1, 0.15) is 5.56 Å². The lowest BCUT2D eigenvalue weighted by molar-refractivity contribution is 0.771. The Hall–Kier alpha value is -3.02. The summed E-state index contributed by atoms with van der Waals surface area (Å²) in [4.78, 5) is 30.6. The first-order valence-corrected chi connectivity index (χ1v) is 5.94. The number of nitrogens with zero attached hydrogens (tertiary/aromatic N) is 3. The molecule has 0 aliphatic carbocycles. The molecule has 0 spiro atoms. The molecule has 1 aromatic carbocycles. The van der Waals surface area contributed by atoms with E-state index in [1.807, 2.05) is 0 Å². The summed E-state index contributed by atoms with van der Waals surface area (Å²) in [6.07, 6.45) is 4.63. The maximum atomic E-state index is 12.2. The highest BCUT2D eigenvalue weighted by atomic mass is 16.2. The number of aromatic amines is 1. The molecule has 0 aliphatic rings. The number of rotatable bonds is 2. The summed E-state index contributed by atoms with van der Waals surface area (Å²) in [5.74, 6) is 0. The van der Waals surface area contributed by atoms with Gasteiger partial charge in [0, 0.05) is 18.0 Å². The van der Waals surface area contributed by atoms with Gasteiger partial charge in [0.2, 0.25) is 0 Å². The maximum absolute atomic E-state index is 12.2. The molecule has 0 atom stereocenters. The zero-order chi connectivity index (χ0) is 13.9. The van der Waals surface area contributed by atoms with E-state index in [2.05, 4.69) is 15.1 Å². The van der Waals surface area contributed by atoms with Crippen molar-refractivity contribution in [2.75, 3.05) is 0 Å². The van der Waals surface area contributed by atoms with Gasteiger partial charge in [0.05, 0.1) is 17.1 Å². The molecule has 0 bridgehead atoms. The lowest BCUT2D eigenvalue weighted by Crippen LogP contribution is -2.32. The van der Waals surface area contributed by atoms with Crippen molar-refractivity contribution >= 4 is 17.1 Å². The minimum atomic E-state index is -0.575. The predicted octanol–water partition coefficient (Wildman–Crippen LogP) is 0.967. The Morgan fingerprint density at radius 3 is 2.80 bits per heavy atom. The average Bonchev–Trinajstić information content (AvgIpc) is 2.48. The van der Waals surface area contributed by atoms with Gasteiger partial charge in [0.1, 0.15) is 0 Å². The Morgan fingerprint density at radius 2 is 2.00 bits per heavy atom. The van der Waals surface area contributed by atoms with Crippen molar-refractivity contribution in [3.05, 3.63) is 75.2 Å². The zero-order valence-corrected chi connectivity index (χ0v) is 10.4. The Morgan fingerprint density at radius 1 is 1.15 bits per heavy atom. The van der Waals surface area contributed by atoms with Crippen molar-refractivity contribution < 1.29 is 0 Å². The number of hydrogen-bond acceptors (Lipinski definition) is 4. The second kappa shape index (κ2) is 4.93. The highest BCUT2D eigenvalue weighted by Gasteiger charge is 2.05. The minimum Gasteiger partial charge on any atom is -0.305 e. The first-order valence-electron chi connectivity index (χ1n) is 5.94. The molecule has 3 rings (SSSR count). The molecule has 3 aromatic rings. The van der Waals surface area contributed by atoms with Crippen LogP contribution in [0.5, 0.6) is 0 Å². The van der Waals surface area contributed by atoms with Crippen molar-refractivity contribution in [1.82, 2.24) is 14.6 Å². The van der Waals surface area contributed by atoms with Crippen LogP contribution in [-0.4, -0.2) is 20.9 Å². The first-order chi connectivity index (χ1) is 9.75. The van der Waals surface area contributed by atoms with E-state index in [4.69, 9.17) is 0 Å². The average molecular weight is 266 g/mol. The van der Waals surface area contributed by atoms with Crippen molar-refractivity contribution in [2.45, 2.75) is 0 Å². The van der Waals surface area contributed by atoms with E-state index < -0.39 is 11.2 Å². The molecular weight excluding hydrogens is 256 g/mol. The number of para-hydroxylation sites is 1. The molecule has 0 saturated heterocycles. The van der Waals surface area contributed by atoms with Gasteiger partial charge < -0.3 is 4.98 Å². The van der Waals surface area contributed by atoms with Crippen LogP contribution in [0.4, 0.5) is 0 Å². The fourth-order valence-corrected chi connectivity index (χ4v) is 1.83. The number of benzene rings is 1. The highest BCUT2D eigenvalue weighted by Crippen LogP contribution is 2.02. The third kappa shape index (κ3) is 2.14. The molecule has 0 unspecified atom stereocenters. The number of hydrogen-bond donors (Lipinski definition) is 1. The molecule has 6 nitrogen and oxygen atoms in total. The molecule has 2 aromatic heterocycles. The van der Waals surface area contributed by atoms with Crippen molar-refractivity contribution in [2.24, 2.45) is 5.10 Å². The summed E-state index contributed by atoms with van der Waals surface area (Å²) in [5, 5.41) is 4.33. The minimum absolute atomic E-state index is 0.412. The number of pyridine rings is 1. The highest BCUT2D eigenvalue weighted by molar-refractivity contribution is 5.79. The monoisotopic (exact) mass is 266 g/mol. The van der Waals surface area contributed by atoms with Gasteiger partial charge in [-0.1, -0.05) is 18.2 Å². The van der Waals surface area contributed by atoms with Crippen LogP contribution in [0.2, 0.25) is 0 Å². The summed E-state index contributed by atoms with van der Waals surface area (Å²) in [6, 6.07) is 10.3. The third-order valence-corrected chi connectivity index (χ3v) is 2.79. The van der Waals surface area contributed by atoms with Gasteiger partial charge in [-0.05, 0) is 18.2 Å². The topological polar surface area (TPSA) is 80.1 Å². The van der Waals surface area contributed by atoms with Crippen molar-refractivity contribution in [3.8, 4) is 0 Å². The molecule has 0 aliphatic heterocycles. The van der Waals surface area contributed by atoms with E-state index in [9.17, 15) is 9.59 Å². The summed E-state index contributed by atoms with van der Waals surface area (Å²) >= 11 is 0. The molecule has 0 fully saturated rings. The molecule has 2 heterocycles. The number of fused-ring (bicyclic) bond motifs is 1. The van der Waals surface area contributed by atoms with E-state index in [0.717, 1.165) is 4.68 Å². The Bertz CT molecular complexity index is 894. The van der Waals surface area contributed by atoms with E-state index >= 15 is 0 Å². The lowest BCUT2D eigenvalue weighted by atomic mass is 10.2. The third-order valence-electron chi connectivity index (χ3n) is 2.79. The van der Waals surface area contributed by atoms with Gasteiger partial charge in [-0.3, -0.25) is 9.78 Å². The SMILES string of the molecule is O=c1[nH]c2ccccc2c(=O)n1N=Cc1cccnc1. The molecule has 98 valence electrons. The Kier molecular flexibility index (Phi) is 2.96. The van der Waals surface area contributed by atoms with Gasteiger partial charge in [0.15, 0.2) is 0 Å². The van der Waals surface area contributed by atoms with Gasteiger partial charge in [-0.15, -0.1) is 4.68 Å². The molecule has 1 N–H and O–H groups in total.